The Balaban J connectivity index is 1.48. The number of fused-ring (bicyclic) bond motifs is 1. The van der Waals surface area contributed by atoms with E-state index >= 15 is 0 Å². The van der Waals surface area contributed by atoms with E-state index in [4.69, 9.17) is 0 Å². The summed E-state index contributed by atoms with van der Waals surface area (Å²) in [5.74, 6) is 0. The SMILES string of the molecule is c1nc2c([nH]1)CNC(CNCc1cncs1)C2. The van der Waals surface area contributed by atoms with Gasteiger partial charge in [-0.1, -0.05) is 0 Å². The number of hydrogen-bond acceptors (Lipinski definition) is 5. The summed E-state index contributed by atoms with van der Waals surface area (Å²) in [5, 5.41) is 6.95. The van der Waals surface area contributed by atoms with Crippen molar-refractivity contribution in [1.82, 2.24) is 25.6 Å². The maximum atomic E-state index is 4.33. The second kappa shape index (κ2) is 4.95. The van der Waals surface area contributed by atoms with Gasteiger partial charge in [0.25, 0.3) is 0 Å². The van der Waals surface area contributed by atoms with Crippen LogP contribution in [0.15, 0.2) is 18.0 Å². The number of nitrogens with one attached hydrogen (secondary N) is 3. The van der Waals surface area contributed by atoms with Crippen molar-refractivity contribution in [1.29, 1.82) is 0 Å². The average molecular weight is 249 g/mol. The maximum Gasteiger partial charge on any atom is 0.0925 e. The van der Waals surface area contributed by atoms with Crippen LogP contribution in [0.3, 0.4) is 0 Å². The highest BCUT2D eigenvalue weighted by Gasteiger charge is 2.19. The topological polar surface area (TPSA) is 65.6 Å². The van der Waals surface area contributed by atoms with Gasteiger partial charge >= 0.3 is 0 Å². The lowest BCUT2D eigenvalue weighted by atomic mass is 10.1. The summed E-state index contributed by atoms with van der Waals surface area (Å²) in [4.78, 5) is 12.8. The third-order valence-electron chi connectivity index (χ3n) is 2.99. The van der Waals surface area contributed by atoms with E-state index in [2.05, 4.69) is 25.6 Å². The normalized spacial score (nSPS) is 19.2. The quantitative estimate of drug-likeness (QED) is 0.745. The van der Waals surface area contributed by atoms with E-state index in [9.17, 15) is 0 Å². The molecule has 1 atom stereocenters. The van der Waals surface area contributed by atoms with Crippen LogP contribution in [-0.4, -0.2) is 27.5 Å². The highest BCUT2D eigenvalue weighted by molar-refractivity contribution is 7.09. The molecule has 3 N–H and O–H groups in total. The summed E-state index contributed by atoms with van der Waals surface area (Å²) in [7, 11) is 0. The van der Waals surface area contributed by atoms with Gasteiger partial charge in [-0.3, -0.25) is 4.98 Å². The molecule has 0 aliphatic carbocycles. The Kier molecular flexibility index (Phi) is 3.17. The van der Waals surface area contributed by atoms with Crippen molar-refractivity contribution in [3.8, 4) is 0 Å². The summed E-state index contributed by atoms with van der Waals surface area (Å²) in [6.45, 7) is 2.75. The van der Waals surface area contributed by atoms with E-state index < -0.39 is 0 Å². The highest BCUT2D eigenvalue weighted by Crippen LogP contribution is 2.11. The summed E-state index contributed by atoms with van der Waals surface area (Å²) >= 11 is 1.69. The molecule has 0 aromatic carbocycles. The van der Waals surface area contributed by atoms with Crippen LogP contribution in [0.4, 0.5) is 0 Å². The summed E-state index contributed by atoms with van der Waals surface area (Å²) in [6.07, 6.45) is 4.69. The van der Waals surface area contributed by atoms with Crippen molar-refractivity contribution in [3.05, 3.63) is 34.3 Å². The predicted molar refractivity (Wildman–Crippen MR) is 66.7 cm³/mol. The molecule has 6 heteroatoms. The van der Waals surface area contributed by atoms with Gasteiger partial charge in [-0.05, 0) is 0 Å². The third kappa shape index (κ3) is 2.54. The van der Waals surface area contributed by atoms with E-state index in [0.29, 0.717) is 6.04 Å². The van der Waals surface area contributed by atoms with E-state index in [0.717, 1.165) is 26.1 Å². The predicted octanol–water partition coefficient (Wildman–Crippen LogP) is 0.670. The van der Waals surface area contributed by atoms with Crippen molar-refractivity contribution in [3.63, 3.8) is 0 Å². The summed E-state index contributed by atoms with van der Waals surface area (Å²) in [6, 6.07) is 0.471. The number of nitrogens with zero attached hydrogens (tertiary/aromatic N) is 2. The second-order valence-corrected chi connectivity index (χ2v) is 5.18. The standard InChI is InChI=1S/C11H15N5S/c1-8(2-12-3-9-4-13-7-17-9)14-5-11-10(1)15-6-16-11/h4,6-8,12,14H,1-3,5H2,(H,15,16). The molecule has 1 unspecified atom stereocenters. The Morgan fingerprint density at radius 2 is 2.53 bits per heavy atom. The molecule has 0 spiro atoms. The first-order valence-electron chi connectivity index (χ1n) is 5.74. The summed E-state index contributed by atoms with van der Waals surface area (Å²) < 4.78 is 0. The minimum atomic E-state index is 0.471. The number of H-pyrrole nitrogens is 1. The van der Waals surface area contributed by atoms with E-state index in [-0.39, 0.29) is 0 Å². The van der Waals surface area contributed by atoms with Crippen molar-refractivity contribution < 1.29 is 0 Å². The van der Waals surface area contributed by atoms with Gasteiger partial charge in [0.2, 0.25) is 0 Å². The van der Waals surface area contributed by atoms with Crippen molar-refractivity contribution in [2.24, 2.45) is 0 Å². The largest absolute Gasteiger partial charge is 0.347 e. The minimum Gasteiger partial charge on any atom is -0.347 e. The van der Waals surface area contributed by atoms with Gasteiger partial charge in [0.15, 0.2) is 0 Å². The Hall–Kier alpha value is -1.24. The van der Waals surface area contributed by atoms with Crippen LogP contribution in [0.1, 0.15) is 16.3 Å². The minimum absolute atomic E-state index is 0.471. The lowest BCUT2D eigenvalue weighted by molar-refractivity contribution is 0.441. The van der Waals surface area contributed by atoms with Crippen LogP contribution in [0.2, 0.25) is 0 Å². The lowest BCUT2D eigenvalue weighted by Crippen LogP contribution is -2.42. The Bertz CT molecular complexity index is 464. The second-order valence-electron chi connectivity index (χ2n) is 4.21. The third-order valence-corrected chi connectivity index (χ3v) is 3.77. The molecule has 0 bridgehead atoms. The average Bonchev–Trinajstić information content (AvgIpc) is 2.98. The molecule has 17 heavy (non-hydrogen) atoms. The number of imidazole rings is 1. The molecule has 3 rings (SSSR count). The van der Waals surface area contributed by atoms with Crippen molar-refractivity contribution in [2.45, 2.75) is 25.6 Å². The first kappa shape index (κ1) is 10.9. The van der Waals surface area contributed by atoms with Crippen LogP contribution < -0.4 is 10.6 Å². The zero-order chi connectivity index (χ0) is 11.5. The molecule has 90 valence electrons. The number of hydrogen-bond donors (Lipinski definition) is 3. The molecule has 5 nitrogen and oxygen atoms in total. The molecular formula is C11H15N5S. The smallest absolute Gasteiger partial charge is 0.0925 e. The monoisotopic (exact) mass is 249 g/mol. The van der Waals surface area contributed by atoms with Crippen LogP contribution in [-0.2, 0) is 19.5 Å². The van der Waals surface area contributed by atoms with E-state index in [1.807, 2.05) is 11.7 Å². The van der Waals surface area contributed by atoms with Crippen molar-refractivity contribution >= 4 is 11.3 Å². The van der Waals surface area contributed by atoms with Crippen LogP contribution in [0, 0.1) is 0 Å². The fourth-order valence-electron chi connectivity index (χ4n) is 2.07. The molecule has 0 saturated carbocycles. The molecule has 1 aliphatic rings. The van der Waals surface area contributed by atoms with Crippen molar-refractivity contribution in [2.75, 3.05) is 6.54 Å². The molecule has 0 radical (unpaired) electrons. The molecule has 0 saturated heterocycles. The number of aromatic nitrogens is 3. The first-order valence-corrected chi connectivity index (χ1v) is 6.62. The van der Waals surface area contributed by atoms with Gasteiger partial charge in [-0.25, -0.2) is 4.98 Å². The van der Waals surface area contributed by atoms with Crippen LogP contribution in [0.25, 0.3) is 0 Å². The van der Waals surface area contributed by atoms with Crippen LogP contribution in [0.5, 0.6) is 0 Å². The highest BCUT2D eigenvalue weighted by atomic mass is 32.1. The van der Waals surface area contributed by atoms with Gasteiger partial charge in [0.1, 0.15) is 0 Å². The lowest BCUT2D eigenvalue weighted by Gasteiger charge is -2.23. The zero-order valence-corrected chi connectivity index (χ0v) is 10.3. The molecule has 0 amide bonds. The summed E-state index contributed by atoms with van der Waals surface area (Å²) in [5.41, 5.74) is 4.29. The van der Waals surface area contributed by atoms with E-state index in [1.165, 1.54) is 16.3 Å². The molecule has 0 fully saturated rings. The molecular weight excluding hydrogens is 234 g/mol. The molecule has 3 heterocycles. The Morgan fingerprint density at radius 1 is 1.53 bits per heavy atom. The number of aromatic amines is 1. The molecule has 1 aliphatic heterocycles. The van der Waals surface area contributed by atoms with Gasteiger partial charge in [-0.2, -0.15) is 0 Å². The Morgan fingerprint density at radius 3 is 3.41 bits per heavy atom. The van der Waals surface area contributed by atoms with E-state index in [1.54, 1.807) is 17.7 Å². The fraction of sp³-hybridized carbons (Fsp3) is 0.455. The number of thiazole rings is 1. The zero-order valence-electron chi connectivity index (χ0n) is 9.44. The van der Waals surface area contributed by atoms with Gasteiger partial charge in [-0.15, -0.1) is 11.3 Å². The Labute approximate surface area is 104 Å². The van der Waals surface area contributed by atoms with Gasteiger partial charge in [0.05, 0.1) is 23.2 Å². The van der Waals surface area contributed by atoms with Crippen LogP contribution >= 0.6 is 11.3 Å². The molecule has 2 aromatic heterocycles. The molecule has 2 aromatic rings. The maximum absolute atomic E-state index is 4.33. The fourth-order valence-corrected chi connectivity index (χ4v) is 2.64. The number of rotatable bonds is 4. The first-order chi connectivity index (χ1) is 8.42. The van der Waals surface area contributed by atoms with Gasteiger partial charge in [0, 0.05) is 43.2 Å². The van der Waals surface area contributed by atoms with Gasteiger partial charge < -0.3 is 15.6 Å².